The molecule has 2 aromatic rings. The van der Waals surface area contributed by atoms with Gasteiger partial charge in [-0.3, -0.25) is 4.79 Å². The molecule has 0 saturated carbocycles. The fraction of sp³-hybridized carbons (Fsp3) is 0.182. The Morgan fingerprint density at radius 1 is 1.56 bits per heavy atom. The smallest absolute Gasteiger partial charge is 0.251 e. The number of carbonyl (C=O) groups excluding carboxylic acids is 1. The van der Waals surface area contributed by atoms with Gasteiger partial charge in [0.15, 0.2) is 5.82 Å². The molecule has 1 aromatic heterocycles. The molecule has 5 nitrogen and oxygen atoms in total. The molecule has 2 rings (SSSR count). The lowest BCUT2D eigenvalue weighted by Crippen LogP contribution is -2.24. The van der Waals surface area contributed by atoms with Gasteiger partial charge in [0.25, 0.3) is 5.91 Å². The van der Waals surface area contributed by atoms with Gasteiger partial charge in [-0.2, -0.15) is 0 Å². The van der Waals surface area contributed by atoms with Crippen LogP contribution in [0.25, 0.3) is 0 Å². The number of benzene rings is 1. The molecule has 0 aliphatic rings. The second-order valence-corrected chi connectivity index (χ2v) is 4.19. The molecule has 0 spiro atoms. The highest BCUT2D eigenvalue weighted by Crippen LogP contribution is 2.14. The van der Waals surface area contributed by atoms with Crippen LogP contribution in [-0.2, 0) is 13.6 Å². The van der Waals surface area contributed by atoms with E-state index in [0.717, 1.165) is 0 Å². The monoisotopic (exact) mass is 266 g/mol. The first-order valence-corrected chi connectivity index (χ1v) is 5.62. The molecule has 0 aliphatic heterocycles. The maximum absolute atomic E-state index is 13.0. The molecule has 94 valence electrons. The molecule has 0 bridgehead atoms. The fourth-order valence-electron chi connectivity index (χ4n) is 1.38. The largest absolute Gasteiger partial charge is 0.345 e. The van der Waals surface area contributed by atoms with Crippen LogP contribution in [0.3, 0.4) is 0 Å². The minimum Gasteiger partial charge on any atom is -0.345 e. The normalized spacial score (nSPS) is 10.4. The van der Waals surface area contributed by atoms with Crippen molar-refractivity contribution in [2.75, 3.05) is 0 Å². The summed E-state index contributed by atoms with van der Waals surface area (Å²) in [5, 5.41) is 10.2. The van der Waals surface area contributed by atoms with E-state index in [2.05, 4.69) is 28.1 Å². The highest BCUT2D eigenvalue weighted by molar-refractivity contribution is 7.80. The lowest BCUT2D eigenvalue weighted by Gasteiger charge is -2.05. The van der Waals surface area contributed by atoms with Gasteiger partial charge in [0.2, 0.25) is 0 Å². The summed E-state index contributed by atoms with van der Waals surface area (Å²) in [4.78, 5) is 11.9. The van der Waals surface area contributed by atoms with Crippen LogP contribution in [0.4, 0.5) is 4.39 Å². The molecular weight excluding hydrogens is 255 g/mol. The molecule has 0 fully saturated rings. The number of hydrogen-bond acceptors (Lipinski definition) is 4. The molecule has 0 radical (unpaired) electrons. The minimum absolute atomic E-state index is 0.140. The molecule has 18 heavy (non-hydrogen) atoms. The first-order chi connectivity index (χ1) is 8.58. The third kappa shape index (κ3) is 2.67. The van der Waals surface area contributed by atoms with E-state index < -0.39 is 5.82 Å². The topological polar surface area (TPSA) is 59.8 Å². The number of amides is 1. The number of aromatic nitrogens is 3. The fourth-order valence-corrected chi connectivity index (χ4v) is 1.60. The zero-order valence-corrected chi connectivity index (χ0v) is 10.5. The highest BCUT2D eigenvalue weighted by Gasteiger charge is 2.09. The van der Waals surface area contributed by atoms with Gasteiger partial charge in [0.05, 0.1) is 6.54 Å². The van der Waals surface area contributed by atoms with Crippen molar-refractivity contribution in [1.29, 1.82) is 0 Å². The molecular formula is C11H11FN4OS. The summed E-state index contributed by atoms with van der Waals surface area (Å²) in [6, 6.07) is 3.99. The quantitative estimate of drug-likeness (QED) is 0.820. The van der Waals surface area contributed by atoms with Crippen molar-refractivity contribution in [2.24, 2.45) is 7.05 Å². The first-order valence-electron chi connectivity index (χ1n) is 5.17. The summed E-state index contributed by atoms with van der Waals surface area (Å²) in [5.41, 5.74) is 0.351. The van der Waals surface area contributed by atoms with Crippen LogP contribution in [0.2, 0.25) is 0 Å². The van der Waals surface area contributed by atoms with E-state index in [1.165, 1.54) is 18.2 Å². The van der Waals surface area contributed by atoms with Gasteiger partial charge < -0.3 is 9.88 Å². The van der Waals surface area contributed by atoms with Crippen LogP contribution in [0.5, 0.6) is 0 Å². The Balaban J connectivity index is 2.04. The average Bonchev–Trinajstić information content (AvgIpc) is 2.75. The van der Waals surface area contributed by atoms with Crippen LogP contribution in [0.15, 0.2) is 29.4 Å². The van der Waals surface area contributed by atoms with Crippen LogP contribution >= 0.6 is 12.6 Å². The van der Waals surface area contributed by atoms with Crippen molar-refractivity contribution in [2.45, 2.75) is 11.4 Å². The summed E-state index contributed by atoms with van der Waals surface area (Å²) in [5.74, 6) is -0.131. The summed E-state index contributed by atoms with van der Waals surface area (Å²) in [6.45, 7) is 0.259. The summed E-state index contributed by atoms with van der Waals surface area (Å²) < 4.78 is 14.7. The first kappa shape index (κ1) is 12.6. The summed E-state index contributed by atoms with van der Waals surface area (Å²) >= 11 is 3.92. The van der Waals surface area contributed by atoms with Gasteiger partial charge >= 0.3 is 0 Å². The third-order valence-corrected chi connectivity index (χ3v) is 2.76. The second-order valence-electron chi connectivity index (χ2n) is 3.71. The lowest BCUT2D eigenvalue weighted by atomic mass is 10.2. The van der Waals surface area contributed by atoms with Crippen molar-refractivity contribution < 1.29 is 9.18 Å². The SMILES string of the molecule is Cn1cnnc1CNC(=O)c1ccc(F)c(S)c1. The van der Waals surface area contributed by atoms with E-state index in [0.29, 0.717) is 11.4 Å². The van der Waals surface area contributed by atoms with E-state index in [9.17, 15) is 9.18 Å². The van der Waals surface area contributed by atoms with Crippen LogP contribution in [0.1, 0.15) is 16.2 Å². The number of thiol groups is 1. The van der Waals surface area contributed by atoms with Gasteiger partial charge in [-0.15, -0.1) is 22.8 Å². The number of nitrogens with zero attached hydrogens (tertiary/aromatic N) is 3. The highest BCUT2D eigenvalue weighted by atomic mass is 32.1. The zero-order valence-electron chi connectivity index (χ0n) is 9.59. The number of halogens is 1. The average molecular weight is 266 g/mol. The summed E-state index contributed by atoms with van der Waals surface area (Å²) in [6.07, 6.45) is 1.55. The van der Waals surface area contributed by atoms with Crippen molar-refractivity contribution in [3.8, 4) is 0 Å². The Morgan fingerprint density at radius 3 is 2.94 bits per heavy atom. The van der Waals surface area contributed by atoms with Crippen molar-refractivity contribution >= 4 is 18.5 Å². The van der Waals surface area contributed by atoms with E-state index in [4.69, 9.17) is 0 Å². The molecule has 1 heterocycles. The van der Waals surface area contributed by atoms with Gasteiger partial charge in [-0.1, -0.05) is 0 Å². The Kier molecular flexibility index (Phi) is 3.61. The lowest BCUT2D eigenvalue weighted by molar-refractivity contribution is 0.0949. The number of rotatable bonds is 3. The van der Waals surface area contributed by atoms with E-state index in [1.54, 1.807) is 17.9 Å². The maximum atomic E-state index is 13.0. The van der Waals surface area contributed by atoms with Gasteiger partial charge in [-0.05, 0) is 18.2 Å². The van der Waals surface area contributed by atoms with Crippen LogP contribution in [-0.4, -0.2) is 20.7 Å². The molecule has 1 amide bonds. The van der Waals surface area contributed by atoms with Gasteiger partial charge in [0.1, 0.15) is 12.1 Å². The minimum atomic E-state index is -0.455. The Labute approximate surface area is 108 Å². The molecule has 7 heteroatoms. The van der Waals surface area contributed by atoms with Crippen molar-refractivity contribution in [1.82, 2.24) is 20.1 Å². The van der Waals surface area contributed by atoms with E-state index in [-0.39, 0.29) is 17.3 Å². The van der Waals surface area contributed by atoms with Crippen LogP contribution < -0.4 is 5.32 Å². The third-order valence-electron chi connectivity index (χ3n) is 2.42. The number of nitrogens with one attached hydrogen (secondary N) is 1. The number of carbonyl (C=O) groups is 1. The molecule has 0 atom stereocenters. The number of hydrogen-bond donors (Lipinski definition) is 2. The van der Waals surface area contributed by atoms with Gasteiger partial charge in [-0.25, -0.2) is 4.39 Å². The molecule has 0 saturated heterocycles. The van der Waals surface area contributed by atoms with Crippen molar-refractivity contribution in [3.05, 3.63) is 41.7 Å². The standard InChI is InChI=1S/C11H11FN4OS/c1-16-6-14-15-10(16)5-13-11(17)7-2-3-8(12)9(18)4-7/h2-4,6,18H,5H2,1H3,(H,13,17). The predicted molar refractivity (Wildman–Crippen MR) is 65.8 cm³/mol. The van der Waals surface area contributed by atoms with E-state index >= 15 is 0 Å². The Bertz CT molecular complexity index is 584. The second kappa shape index (κ2) is 5.18. The number of aryl methyl sites for hydroxylation is 1. The van der Waals surface area contributed by atoms with Crippen LogP contribution in [0, 0.1) is 5.82 Å². The molecule has 0 unspecified atom stereocenters. The molecule has 0 aliphatic carbocycles. The molecule has 1 N–H and O–H groups in total. The van der Waals surface area contributed by atoms with E-state index in [1.807, 2.05) is 0 Å². The zero-order chi connectivity index (χ0) is 13.1. The Hall–Kier alpha value is -1.89. The predicted octanol–water partition coefficient (Wildman–Crippen LogP) is 1.17. The maximum Gasteiger partial charge on any atom is 0.251 e. The Morgan fingerprint density at radius 2 is 2.33 bits per heavy atom. The summed E-state index contributed by atoms with van der Waals surface area (Å²) in [7, 11) is 1.78. The molecule has 1 aromatic carbocycles. The van der Waals surface area contributed by atoms with Gasteiger partial charge in [0, 0.05) is 17.5 Å². The van der Waals surface area contributed by atoms with Crippen molar-refractivity contribution in [3.63, 3.8) is 0 Å².